The first kappa shape index (κ1) is 13.0. The Morgan fingerprint density at radius 3 is 1.20 bits per heavy atom. The third-order valence-corrected chi connectivity index (χ3v) is 2.23. The molecule has 64 valence electrons. The maximum Gasteiger partial charge on any atom is -0.00675 e. The van der Waals surface area contributed by atoms with Gasteiger partial charge in [-0.2, -0.15) is 11.8 Å². The maximum atomic E-state index is 2.09. The summed E-state index contributed by atoms with van der Waals surface area (Å²) in [6.07, 6.45) is 4.41. The van der Waals surface area contributed by atoms with E-state index in [0.717, 1.165) is 0 Å². The molecule has 1 aliphatic heterocycles. The van der Waals surface area contributed by atoms with Crippen LogP contribution in [0.3, 0.4) is 0 Å². The zero-order valence-corrected chi connectivity index (χ0v) is 8.76. The van der Waals surface area contributed by atoms with Gasteiger partial charge in [-0.25, -0.2) is 0 Å². The van der Waals surface area contributed by atoms with E-state index in [2.05, 4.69) is 11.8 Å². The number of hydrogen-bond acceptors (Lipinski definition) is 1. The predicted octanol–water partition coefficient (Wildman–Crippen LogP) is 3.96. The van der Waals surface area contributed by atoms with E-state index < -0.39 is 0 Å². The maximum absolute atomic E-state index is 2.09. The van der Waals surface area contributed by atoms with E-state index in [9.17, 15) is 0 Å². The van der Waals surface area contributed by atoms with Crippen LogP contribution < -0.4 is 0 Å². The lowest BCUT2D eigenvalue weighted by molar-refractivity contribution is 0.764. The van der Waals surface area contributed by atoms with Gasteiger partial charge in [-0.3, -0.25) is 0 Å². The second kappa shape index (κ2) is 16.2. The molecule has 1 heterocycles. The minimum absolute atomic E-state index is 1.42. The van der Waals surface area contributed by atoms with Crippen molar-refractivity contribution in [2.24, 2.45) is 0 Å². The van der Waals surface area contributed by atoms with Crippen molar-refractivity contribution in [3.63, 3.8) is 0 Å². The molecule has 0 spiro atoms. The Morgan fingerprint density at radius 2 is 1.10 bits per heavy atom. The molecule has 0 radical (unpaired) electrons. The number of hydrogen-bond donors (Lipinski definition) is 0. The van der Waals surface area contributed by atoms with E-state index in [4.69, 9.17) is 0 Å². The molecule has 0 aromatic rings. The van der Waals surface area contributed by atoms with Gasteiger partial charge in [-0.1, -0.05) is 34.1 Å². The fourth-order valence-electron chi connectivity index (χ4n) is 0.687. The molecule has 1 aliphatic rings. The molecule has 0 N–H and O–H groups in total. The molecule has 0 aromatic heterocycles. The van der Waals surface area contributed by atoms with Crippen LogP contribution in [0.2, 0.25) is 0 Å². The van der Waals surface area contributed by atoms with Crippen LogP contribution in [0.5, 0.6) is 0 Å². The number of thioether (sulfide) groups is 1. The van der Waals surface area contributed by atoms with Crippen LogP contribution in [0.15, 0.2) is 0 Å². The van der Waals surface area contributed by atoms with Crippen molar-refractivity contribution in [1.29, 1.82) is 0 Å². The highest BCUT2D eigenvalue weighted by Crippen LogP contribution is 2.14. The minimum atomic E-state index is 1.42. The summed E-state index contributed by atoms with van der Waals surface area (Å²) in [5, 5.41) is 0. The molecule has 0 unspecified atom stereocenters. The van der Waals surface area contributed by atoms with Crippen molar-refractivity contribution in [2.45, 2.75) is 47.0 Å². The third-order valence-electron chi connectivity index (χ3n) is 1.08. The molecule has 0 aliphatic carbocycles. The van der Waals surface area contributed by atoms with Gasteiger partial charge in [0.25, 0.3) is 0 Å². The molecule has 10 heavy (non-hydrogen) atoms. The SMILES string of the molecule is C1CCSCC1.CC.CC. The monoisotopic (exact) mass is 162 g/mol. The van der Waals surface area contributed by atoms with Crippen LogP contribution in [0.1, 0.15) is 47.0 Å². The average Bonchev–Trinajstić information content (AvgIpc) is 2.14. The Kier molecular flexibility index (Phi) is 21.0. The Bertz CT molecular complexity index is 20.2. The van der Waals surface area contributed by atoms with E-state index >= 15 is 0 Å². The second-order valence-corrected chi connectivity index (χ2v) is 2.90. The smallest absolute Gasteiger partial charge is 0.00675 e. The summed E-state index contributed by atoms with van der Waals surface area (Å²) in [5.41, 5.74) is 0. The van der Waals surface area contributed by atoms with E-state index in [1.54, 1.807) is 0 Å². The van der Waals surface area contributed by atoms with Gasteiger partial charge in [0.2, 0.25) is 0 Å². The van der Waals surface area contributed by atoms with Gasteiger partial charge < -0.3 is 0 Å². The Labute approximate surface area is 70.8 Å². The van der Waals surface area contributed by atoms with E-state index in [1.807, 2.05) is 27.7 Å². The molecule has 0 aromatic carbocycles. The van der Waals surface area contributed by atoms with Gasteiger partial charge in [-0.15, -0.1) is 0 Å². The highest BCUT2D eigenvalue weighted by atomic mass is 32.2. The summed E-state index contributed by atoms with van der Waals surface area (Å²) >= 11 is 2.09. The van der Waals surface area contributed by atoms with Crippen LogP contribution in [-0.4, -0.2) is 11.5 Å². The largest absolute Gasteiger partial charge is 0.162 e. The lowest BCUT2D eigenvalue weighted by Crippen LogP contribution is -1.91. The molecule has 1 rings (SSSR count). The van der Waals surface area contributed by atoms with Crippen LogP contribution >= 0.6 is 11.8 Å². The lowest BCUT2D eigenvalue weighted by atomic mass is 10.3. The molecular formula is C9H22S. The molecule has 0 saturated carbocycles. The summed E-state index contributed by atoms with van der Waals surface area (Å²) in [7, 11) is 0. The normalized spacial score (nSPS) is 15.6. The first-order valence-corrected chi connectivity index (χ1v) is 5.73. The number of rotatable bonds is 0. The van der Waals surface area contributed by atoms with Crippen molar-refractivity contribution < 1.29 is 0 Å². The molecule has 0 nitrogen and oxygen atoms in total. The zero-order chi connectivity index (χ0) is 8.24. The topological polar surface area (TPSA) is 0 Å². The summed E-state index contributed by atoms with van der Waals surface area (Å²) in [6.45, 7) is 8.00. The van der Waals surface area contributed by atoms with Crippen LogP contribution in [0, 0.1) is 0 Å². The van der Waals surface area contributed by atoms with Crippen molar-refractivity contribution >= 4 is 11.8 Å². The molecule has 0 atom stereocenters. The van der Waals surface area contributed by atoms with Crippen molar-refractivity contribution in [3.05, 3.63) is 0 Å². The minimum Gasteiger partial charge on any atom is -0.162 e. The molecule has 0 bridgehead atoms. The highest BCUT2D eigenvalue weighted by molar-refractivity contribution is 7.99. The summed E-state index contributed by atoms with van der Waals surface area (Å²) in [5.74, 6) is 2.83. The zero-order valence-electron chi connectivity index (χ0n) is 7.94. The molecule has 0 amide bonds. The van der Waals surface area contributed by atoms with Gasteiger partial charge >= 0.3 is 0 Å². The second-order valence-electron chi connectivity index (χ2n) is 1.67. The predicted molar refractivity (Wildman–Crippen MR) is 53.9 cm³/mol. The molecule has 1 saturated heterocycles. The molecular weight excluding hydrogens is 140 g/mol. The summed E-state index contributed by atoms with van der Waals surface area (Å²) in [4.78, 5) is 0. The fraction of sp³-hybridized carbons (Fsp3) is 1.00. The Balaban J connectivity index is 0. The Morgan fingerprint density at radius 1 is 0.700 bits per heavy atom. The van der Waals surface area contributed by atoms with Gasteiger partial charge in [0.15, 0.2) is 0 Å². The molecule has 1 fully saturated rings. The van der Waals surface area contributed by atoms with E-state index in [1.165, 1.54) is 30.8 Å². The lowest BCUT2D eigenvalue weighted by Gasteiger charge is -2.05. The summed E-state index contributed by atoms with van der Waals surface area (Å²) < 4.78 is 0. The summed E-state index contributed by atoms with van der Waals surface area (Å²) in [6, 6.07) is 0. The fourth-order valence-corrected chi connectivity index (χ4v) is 1.71. The van der Waals surface area contributed by atoms with Gasteiger partial charge in [0.05, 0.1) is 0 Å². The van der Waals surface area contributed by atoms with Crippen molar-refractivity contribution in [2.75, 3.05) is 11.5 Å². The van der Waals surface area contributed by atoms with Gasteiger partial charge in [0, 0.05) is 0 Å². The standard InChI is InChI=1S/C5H10S.2C2H6/c1-2-4-6-5-3-1;2*1-2/h1-5H2;2*1-2H3. The quantitative estimate of drug-likeness (QED) is 0.519. The highest BCUT2D eigenvalue weighted by Gasteiger charge is 1.95. The van der Waals surface area contributed by atoms with Crippen LogP contribution in [0.4, 0.5) is 0 Å². The van der Waals surface area contributed by atoms with Gasteiger partial charge in [-0.05, 0) is 24.3 Å². The van der Waals surface area contributed by atoms with Crippen LogP contribution in [-0.2, 0) is 0 Å². The third kappa shape index (κ3) is 11.2. The molecule has 1 heteroatoms. The Hall–Kier alpha value is 0.350. The average molecular weight is 162 g/mol. The van der Waals surface area contributed by atoms with Crippen LogP contribution in [0.25, 0.3) is 0 Å². The first-order chi connectivity index (χ1) is 5.00. The first-order valence-electron chi connectivity index (χ1n) is 4.58. The van der Waals surface area contributed by atoms with E-state index in [-0.39, 0.29) is 0 Å². The van der Waals surface area contributed by atoms with Crippen molar-refractivity contribution in [1.82, 2.24) is 0 Å². The van der Waals surface area contributed by atoms with Crippen molar-refractivity contribution in [3.8, 4) is 0 Å². The van der Waals surface area contributed by atoms with E-state index in [0.29, 0.717) is 0 Å². The van der Waals surface area contributed by atoms with Gasteiger partial charge in [0.1, 0.15) is 0 Å².